The number of ether oxygens (including phenoxy) is 1. The lowest BCUT2D eigenvalue weighted by molar-refractivity contribution is -0.144. The SMILES string of the molecule is C=CC(=O)OC1CCC(S(=O)(=O)NS(C)(=O)=O)CC1. The molecular formula is C10H17NO6S2. The predicted octanol–water partition coefficient (Wildman–Crippen LogP) is -0.0942. The number of rotatable bonds is 5. The lowest BCUT2D eigenvalue weighted by Gasteiger charge is -2.27. The summed E-state index contributed by atoms with van der Waals surface area (Å²) in [5.41, 5.74) is 0. The van der Waals surface area contributed by atoms with E-state index in [4.69, 9.17) is 4.74 Å². The van der Waals surface area contributed by atoms with Crippen LogP contribution in [0.25, 0.3) is 0 Å². The average molecular weight is 311 g/mol. The predicted molar refractivity (Wildman–Crippen MR) is 69.2 cm³/mol. The Morgan fingerprint density at radius 3 is 2.16 bits per heavy atom. The Labute approximate surface area is 113 Å². The third-order valence-electron chi connectivity index (χ3n) is 2.78. The van der Waals surface area contributed by atoms with Gasteiger partial charge in [0, 0.05) is 6.08 Å². The summed E-state index contributed by atoms with van der Waals surface area (Å²) in [6.45, 7) is 3.27. The van der Waals surface area contributed by atoms with E-state index in [1.807, 2.05) is 0 Å². The van der Waals surface area contributed by atoms with Gasteiger partial charge in [-0.1, -0.05) is 6.58 Å². The summed E-state index contributed by atoms with van der Waals surface area (Å²) in [4.78, 5) is 11.0. The zero-order chi connectivity index (χ0) is 14.7. The first-order chi connectivity index (χ1) is 8.64. The van der Waals surface area contributed by atoms with Crippen LogP contribution in [-0.2, 0) is 29.6 Å². The zero-order valence-electron chi connectivity index (χ0n) is 10.5. The van der Waals surface area contributed by atoms with Gasteiger partial charge in [0.05, 0.1) is 11.5 Å². The van der Waals surface area contributed by atoms with Gasteiger partial charge in [-0.15, -0.1) is 4.13 Å². The highest BCUT2D eigenvalue weighted by Crippen LogP contribution is 2.26. The summed E-state index contributed by atoms with van der Waals surface area (Å²) >= 11 is 0. The number of hydrogen-bond donors (Lipinski definition) is 1. The molecule has 0 atom stereocenters. The zero-order valence-corrected chi connectivity index (χ0v) is 12.2. The summed E-state index contributed by atoms with van der Waals surface area (Å²) in [6, 6.07) is 0. The fourth-order valence-corrected chi connectivity index (χ4v) is 5.08. The lowest BCUT2D eigenvalue weighted by Crippen LogP contribution is -2.40. The van der Waals surface area contributed by atoms with Crippen LogP contribution in [0.15, 0.2) is 12.7 Å². The summed E-state index contributed by atoms with van der Waals surface area (Å²) in [6.07, 6.45) is 2.77. The number of sulfonamides is 2. The second kappa shape index (κ2) is 6.02. The van der Waals surface area contributed by atoms with Crippen molar-refractivity contribution in [1.82, 2.24) is 4.13 Å². The van der Waals surface area contributed by atoms with E-state index in [-0.39, 0.29) is 18.9 Å². The molecule has 19 heavy (non-hydrogen) atoms. The minimum atomic E-state index is -3.90. The molecule has 1 fully saturated rings. The van der Waals surface area contributed by atoms with E-state index in [2.05, 4.69) is 6.58 Å². The van der Waals surface area contributed by atoms with Crippen molar-refractivity contribution < 1.29 is 26.4 Å². The Kier molecular flexibility index (Phi) is 5.11. The maximum Gasteiger partial charge on any atom is 0.330 e. The third kappa shape index (κ3) is 5.29. The van der Waals surface area contributed by atoms with E-state index < -0.39 is 31.3 Å². The molecule has 110 valence electrons. The number of esters is 1. The Hall–Kier alpha value is -0.930. The molecule has 9 heteroatoms. The minimum absolute atomic E-state index is 0.250. The topological polar surface area (TPSA) is 107 Å². The van der Waals surface area contributed by atoms with Crippen molar-refractivity contribution >= 4 is 26.0 Å². The summed E-state index contributed by atoms with van der Waals surface area (Å²) in [5.74, 6) is -0.541. The van der Waals surface area contributed by atoms with Crippen LogP contribution in [0.3, 0.4) is 0 Å². The average Bonchev–Trinajstić information content (AvgIpc) is 2.26. The largest absolute Gasteiger partial charge is 0.459 e. The molecule has 0 heterocycles. The molecule has 1 rings (SSSR count). The second-order valence-electron chi connectivity index (χ2n) is 4.44. The van der Waals surface area contributed by atoms with Crippen LogP contribution >= 0.6 is 0 Å². The number of hydrogen-bond acceptors (Lipinski definition) is 6. The van der Waals surface area contributed by atoms with Gasteiger partial charge in [-0.05, 0) is 25.7 Å². The minimum Gasteiger partial charge on any atom is -0.459 e. The van der Waals surface area contributed by atoms with E-state index in [9.17, 15) is 21.6 Å². The highest BCUT2D eigenvalue weighted by atomic mass is 32.3. The molecule has 0 aliphatic heterocycles. The molecule has 7 nitrogen and oxygen atoms in total. The van der Waals surface area contributed by atoms with E-state index in [1.165, 1.54) is 0 Å². The monoisotopic (exact) mass is 311 g/mol. The van der Waals surface area contributed by atoms with Gasteiger partial charge in [0.2, 0.25) is 20.0 Å². The van der Waals surface area contributed by atoms with Crippen molar-refractivity contribution in [3.8, 4) is 0 Å². The van der Waals surface area contributed by atoms with Gasteiger partial charge in [0.15, 0.2) is 0 Å². The molecule has 0 saturated heterocycles. The number of carbonyl (C=O) groups excluding carboxylic acids is 1. The van der Waals surface area contributed by atoms with E-state index in [1.54, 1.807) is 4.13 Å². The van der Waals surface area contributed by atoms with Crippen LogP contribution in [0, 0.1) is 0 Å². The molecule has 0 amide bonds. The van der Waals surface area contributed by atoms with Crippen molar-refractivity contribution in [3.05, 3.63) is 12.7 Å². The highest BCUT2D eigenvalue weighted by Gasteiger charge is 2.33. The smallest absolute Gasteiger partial charge is 0.330 e. The quantitative estimate of drug-likeness (QED) is 0.561. The molecule has 1 saturated carbocycles. The molecule has 0 aromatic heterocycles. The van der Waals surface area contributed by atoms with Crippen LogP contribution in [0.4, 0.5) is 0 Å². The van der Waals surface area contributed by atoms with Gasteiger partial charge in [-0.2, -0.15) is 0 Å². The van der Waals surface area contributed by atoms with Gasteiger partial charge in [0.25, 0.3) is 0 Å². The fourth-order valence-electron chi connectivity index (χ4n) is 1.95. The highest BCUT2D eigenvalue weighted by molar-refractivity contribution is 8.04. The molecule has 0 aromatic rings. The van der Waals surface area contributed by atoms with Gasteiger partial charge < -0.3 is 4.74 Å². The van der Waals surface area contributed by atoms with Crippen molar-refractivity contribution in [1.29, 1.82) is 0 Å². The van der Waals surface area contributed by atoms with E-state index >= 15 is 0 Å². The van der Waals surface area contributed by atoms with Gasteiger partial charge in [-0.25, -0.2) is 21.6 Å². The number of nitrogens with one attached hydrogen (secondary N) is 1. The molecular weight excluding hydrogens is 294 g/mol. The van der Waals surface area contributed by atoms with Gasteiger partial charge >= 0.3 is 5.97 Å². The van der Waals surface area contributed by atoms with E-state index in [0.717, 1.165) is 12.3 Å². The summed E-state index contributed by atoms with van der Waals surface area (Å²) in [5, 5.41) is -0.777. The maximum absolute atomic E-state index is 11.8. The van der Waals surface area contributed by atoms with E-state index in [0.29, 0.717) is 12.8 Å². The Bertz CT molecular complexity index is 543. The molecule has 0 aromatic carbocycles. The normalized spacial score (nSPS) is 24.7. The first-order valence-corrected chi connectivity index (χ1v) is 9.13. The van der Waals surface area contributed by atoms with Crippen LogP contribution in [0.2, 0.25) is 0 Å². The summed E-state index contributed by atoms with van der Waals surface area (Å²) < 4.78 is 52.1. The van der Waals surface area contributed by atoms with Gasteiger partial charge in [-0.3, -0.25) is 0 Å². The molecule has 1 aliphatic rings. The first-order valence-electron chi connectivity index (χ1n) is 5.69. The fraction of sp³-hybridized carbons (Fsp3) is 0.700. The van der Waals surface area contributed by atoms with Crippen LogP contribution in [-0.4, -0.2) is 40.4 Å². The maximum atomic E-state index is 11.8. The number of carbonyl (C=O) groups is 1. The second-order valence-corrected chi connectivity index (χ2v) is 8.41. The lowest BCUT2D eigenvalue weighted by atomic mass is 9.97. The van der Waals surface area contributed by atoms with Crippen molar-refractivity contribution in [2.45, 2.75) is 37.0 Å². The van der Waals surface area contributed by atoms with Crippen molar-refractivity contribution in [2.24, 2.45) is 0 Å². The molecule has 0 bridgehead atoms. The molecule has 0 radical (unpaired) electrons. The molecule has 0 spiro atoms. The molecule has 0 unspecified atom stereocenters. The van der Waals surface area contributed by atoms with Crippen molar-refractivity contribution in [2.75, 3.05) is 6.26 Å². The summed E-state index contributed by atoms with van der Waals surface area (Å²) in [7, 11) is -7.70. The standard InChI is InChI=1S/C10H17NO6S2/c1-3-10(12)17-8-4-6-9(7-5-8)19(15,16)11-18(2,13)14/h3,8-9,11H,1,4-7H2,2H3. The van der Waals surface area contributed by atoms with Gasteiger partial charge in [0.1, 0.15) is 6.10 Å². The Balaban J connectivity index is 2.59. The molecule has 1 N–H and O–H groups in total. The Morgan fingerprint density at radius 2 is 1.74 bits per heavy atom. The van der Waals surface area contributed by atoms with Crippen LogP contribution < -0.4 is 4.13 Å². The van der Waals surface area contributed by atoms with Crippen LogP contribution in [0.1, 0.15) is 25.7 Å². The van der Waals surface area contributed by atoms with Crippen LogP contribution in [0.5, 0.6) is 0 Å². The molecule has 1 aliphatic carbocycles. The Morgan fingerprint density at radius 1 is 1.21 bits per heavy atom. The first kappa shape index (κ1) is 16.1. The third-order valence-corrected chi connectivity index (χ3v) is 6.27. The van der Waals surface area contributed by atoms with Crippen molar-refractivity contribution in [3.63, 3.8) is 0 Å².